The van der Waals surface area contributed by atoms with Gasteiger partial charge < -0.3 is 19.9 Å². The summed E-state index contributed by atoms with van der Waals surface area (Å²) < 4.78 is 10.7. The van der Waals surface area contributed by atoms with Crippen LogP contribution >= 0.6 is 0 Å². The van der Waals surface area contributed by atoms with Gasteiger partial charge in [-0.25, -0.2) is 0 Å². The fourth-order valence-corrected chi connectivity index (χ4v) is 3.95. The molecule has 0 saturated carbocycles. The highest BCUT2D eigenvalue weighted by atomic mass is 16.5. The van der Waals surface area contributed by atoms with E-state index in [0.29, 0.717) is 25.6 Å². The lowest BCUT2D eigenvalue weighted by Gasteiger charge is -2.36. The van der Waals surface area contributed by atoms with Gasteiger partial charge in [-0.3, -0.25) is 9.69 Å². The van der Waals surface area contributed by atoms with E-state index in [1.165, 1.54) is 5.56 Å². The molecule has 6 heteroatoms. The van der Waals surface area contributed by atoms with Crippen LogP contribution in [0, 0.1) is 11.3 Å². The Labute approximate surface area is 149 Å². The van der Waals surface area contributed by atoms with Crippen LogP contribution in [-0.4, -0.2) is 69.0 Å². The van der Waals surface area contributed by atoms with E-state index >= 15 is 0 Å². The van der Waals surface area contributed by atoms with Crippen molar-refractivity contribution < 1.29 is 19.4 Å². The van der Waals surface area contributed by atoms with Gasteiger partial charge >= 0.3 is 0 Å². The van der Waals surface area contributed by atoms with Crippen LogP contribution in [-0.2, 0) is 16.0 Å². The first-order valence-electron chi connectivity index (χ1n) is 8.96. The van der Waals surface area contributed by atoms with Gasteiger partial charge in [-0.05, 0) is 36.5 Å². The van der Waals surface area contributed by atoms with E-state index in [4.69, 9.17) is 9.47 Å². The summed E-state index contributed by atoms with van der Waals surface area (Å²) in [5.74, 6) is 1.31. The second-order valence-electron chi connectivity index (χ2n) is 7.18. The van der Waals surface area contributed by atoms with E-state index in [9.17, 15) is 9.90 Å². The standard InChI is InChI=1S/C19H28N2O4/c1-24-17-4-2-15(3-5-17)6-8-20-18(23)11-21-10-16-7-9-25-14-19(16,12-21)13-22/h2-5,16,22H,6-14H2,1H3,(H,20,23)/t16-,19+/m0/s1. The summed E-state index contributed by atoms with van der Waals surface area (Å²) in [5, 5.41) is 12.8. The number of amides is 1. The molecule has 0 radical (unpaired) electrons. The van der Waals surface area contributed by atoms with E-state index in [1.54, 1.807) is 7.11 Å². The number of ether oxygens (including phenoxy) is 2. The molecule has 25 heavy (non-hydrogen) atoms. The first-order chi connectivity index (χ1) is 12.1. The summed E-state index contributed by atoms with van der Waals surface area (Å²) in [4.78, 5) is 14.4. The summed E-state index contributed by atoms with van der Waals surface area (Å²) in [7, 11) is 1.65. The van der Waals surface area contributed by atoms with Gasteiger partial charge in [-0.1, -0.05) is 12.1 Å². The number of carbonyl (C=O) groups excluding carboxylic acids is 1. The Kier molecular flexibility index (Phi) is 5.93. The summed E-state index contributed by atoms with van der Waals surface area (Å²) in [5.41, 5.74) is 0.992. The van der Waals surface area contributed by atoms with Crippen LogP contribution in [0.15, 0.2) is 24.3 Å². The lowest BCUT2D eigenvalue weighted by molar-refractivity contribution is -0.122. The van der Waals surface area contributed by atoms with Crippen molar-refractivity contribution in [1.82, 2.24) is 10.2 Å². The van der Waals surface area contributed by atoms with Crippen molar-refractivity contribution in [3.63, 3.8) is 0 Å². The number of aliphatic hydroxyl groups excluding tert-OH is 1. The largest absolute Gasteiger partial charge is 0.497 e. The quantitative estimate of drug-likeness (QED) is 0.758. The molecule has 1 aromatic carbocycles. The lowest BCUT2D eigenvalue weighted by atomic mass is 9.76. The van der Waals surface area contributed by atoms with E-state index in [2.05, 4.69) is 10.2 Å². The first-order valence-corrected chi connectivity index (χ1v) is 8.96. The van der Waals surface area contributed by atoms with Crippen molar-refractivity contribution in [3.05, 3.63) is 29.8 Å². The summed E-state index contributed by atoms with van der Waals surface area (Å²) in [6.45, 7) is 4.11. The van der Waals surface area contributed by atoms with Gasteiger partial charge in [0.05, 0.1) is 26.9 Å². The zero-order valence-electron chi connectivity index (χ0n) is 14.9. The van der Waals surface area contributed by atoms with Crippen molar-refractivity contribution in [2.24, 2.45) is 11.3 Å². The smallest absolute Gasteiger partial charge is 0.234 e. The number of hydrogen-bond donors (Lipinski definition) is 2. The van der Waals surface area contributed by atoms with E-state index in [0.717, 1.165) is 38.3 Å². The van der Waals surface area contributed by atoms with E-state index in [-0.39, 0.29) is 17.9 Å². The van der Waals surface area contributed by atoms with Gasteiger partial charge in [0.2, 0.25) is 5.91 Å². The third-order valence-electron chi connectivity index (χ3n) is 5.46. The molecule has 0 aromatic heterocycles. The molecule has 138 valence electrons. The fraction of sp³-hybridized carbons (Fsp3) is 0.632. The molecule has 2 aliphatic heterocycles. The Hall–Kier alpha value is -1.63. The number of carbonyl (C=O) groups is 1. The van der Waals surface area contributed by atoms with Crippen molar-refractivity contribution in [2.75, 3.05) is 53.1 Å². The van der Waals surface area contributed by atoms with Crippen molar-refractivity contribution >= 4 is 5.91 Å². The molecular weight excluding hydrogens is 320 g/mol. The van der Waals surface area contributed by atoms with Gasteiger partial charge in [0.1, 0.15) is 5.75 Å². The molecule has 2 saturated heterocycles. The molecule has 0 bridgehead atoms. The van der Waals surface area contributed by atoms with Crippen LogP contribution in [0.25, 0.3) is 0 Å². The van der Waals surface area contributed by atoms with Crippen molar-refractivity contribution in [3.8, 4) is 5.75 Å². The molecule has 2 heterocycles. The minimum atomic E-state index is -0.179. The van der Waals surface area contributed by atoms with Crippen LogP contribution in [0.5, 0.6) is 5.75 Å². The number of rotatable bonds is 7. The topological polar surface area (TPSA) is 71.0 Å². The van der Waals surface area contributed by atoms with Crippen LogP contribution < -0.4 is 10.1 Å². The number of benzene rings is 1. The van der Waals surface area contributed by atoms with Gasteiger partial charge in [-0.2, -0.15) is 0 Å². The minimum Gasteiger partial charge on any atom is -0.497 e. The molecule has 2 N–H and O–H groups in total. The molecule has 0 spiro atoms. The summed E-state index contributed by atoms with van der Waals surface area (Å²) >= 11 is 0. The van der Waals surface area contributed by atoms with Crippen LogP contribution in [0.1, 0.15) is 12.0 Å². The monoisotopic (exact) mass is 348 g/mol. The van der Waals surface area contributed by atoms with Crippen molar-refractivity contribution in [1.29, 1.82) is 0 Å². The highest BCUT2D eigenvalue weighted by molar-refractivity contribution is 5.78. The van der Waals surface area contributed by atoms with E-state index < -0.39 is 0 Å². The number of likely N-dealkylation sites (tertiary alicyclic amines) is 1. The molecular formula is C19H28N2O4. The third kappa shape index (κ3) is 4.32. The van der Waals surface area contributed by atoms with Crippen LogP contribution in [0.4, 0.5) is 0 Å². The van der Waals surface area contributed by atoms with Gasteiger partial charge in [0.15, 0.2) is 0 Å². The van der Waals surface area contributed by atoms with Gasteiger partial charge in [-0.15, -0.1) is 0 Å². The zero-order valence-corrected chi connectivity index (χ0v) is 14.9. The highest BCUT2D eigenvalue weighted by Crippen LogP contribution is 2.40. The maximum atomic E-state index is 12.2. The Balaban J connectivity index is 1.42. The summed E-state index contributed by atoms with van der Waals surface area (Å²) in [6.07, 6.45) is 1.77. The molecule has 6 nitrogen and oxygen atoms in total. The van der Waals surface area contributed by atoms with Crippen LogP contribution in [0.2, 0.25) is 0 Å². The maximum Gasteiger partial charge on any atom is 0.234 e. The molecule has 2 aliphatic rings. The molecule has 1 aromatic rings. The Morgan fingerprint density at radius 2 is 2.24 bits per heavy atom. The second-order valence-corrected chi connectivity index (χ2v) is 7.18. The van der Waals surface area contributed by atoms with Gasteiger partial charge in [0.25, 0.3) is 0 Å². The molecule has 1 amide bonds. The van der Waals surface area contributed by atoms with E-state index in [1.807, 2.05) is 24.3 Å². The third-order valence-corrected chi connectivity index (χ3v) is 5.46. The number of nitrogens with zero attached hydrogens (tertiary/aromatic N) is 1. The molecule has 0 aliphatic carbocycles. The maximum absolute atomic E-state index is 12.2. The second kappa shape index (κ2) is 8.17. The zero-order chi connectivity index (χ0) is 17.7. The van der Waals surface area contributed by atoms with Crippen LogP contribution in [0.3, 0.4) is 0 Å². The highest BCUT2D eigenvalue weighted by Gasteiger charge is 2.48. The predicted molar refractivity (Wildman–Crippen MR) is 94.6 cm³/mol. The summed E-state index contributed by atoms with van der Waals surface area (Å²) in [6, 6.07) is 7.89. The number of methoxy groups -OCH3 is 1. The molecule has 2 atom stereocenters. The molecule has 3 rings (SSSR count). The predicted octanol–water partition coefficient (Wildman–Crippen LogP) is 0.685. The van der Waals surface area contributed by atoms with Gasteiger partial charge in [0, 0.05) is 31.7 Å². The number of hydrogen-bond acceptors (Lipinski definition) is 5. The van der Waals surface area contributed by atoms with Crippen molar-refractivity contribution in [2.45, 2.75) is 12.8 Å². The average molecular weight is 348 g/mol. The number of fused-ring (bicyclic) bond motifs is 1. The lowest BCUT2D eigenvalue weighted by Crippen LogP contribution is -2.43. The number of aliphatic hydroxyl groups is 1. The molecule has 0 unspecified atom stereocenters. The molecule has 2 fully saturated rings. The SMILES string of the molecule is COc1ccc(CCNC(=O)CN2C[C@@H]3CCOC[C@]3(CO)C2)cc1. The Morgan fingerprint density at radius 1 is 1.44 bits per heavy atom. The fourth-order valence-electron chi connectivity index (χ4n) is 3.95. The minimum absolute atomic E-state index is 0.0427. The first kappa shape index (κ1) is 18.2. The Morgan fingerprint density at radius 3 is 2.92 bits per heavy atom. The number of nitrogens with one attached hydrogen (secondary N) is 1. The Bertz CT molecular complexity index is 577. The normalized spacial score (nSPS) is 26.2. The average Bonchev–Trinajstić information content (AvgIpc) is 3.00.